The van der Waals surface area contributed by atoms with Gasteiger partial charge < -0.3 is 29.8 Å². The van der Waals surface area contributed by atoms with Gasteiger partial charge in [-0.3, -0.25) is 15.0 Å². The highest BCUT2D eigenvalue weighted by molar-refractivity contribution is 5.90. The van der Waals surface area contributed by atoms with Crippen molar-refractivity contribution in [3.63, 3.8) is 0 Å². The summed E-state index contributed by atoms with van der Waals surface area (Å²) < 4.78 is 17.4. The van der Waals surface area contributed by atoms with Gasteiger partial charge in [0.25, 0.3) is 0 Å². The summed E-state index contributed by atoms with van der Waals surface area (Å²) in [7, 11) is 1.57. The Morgan fingerprint density at radius 3 is 2.31 bits per heavy atom. The lowest BCUT2D eigenvalue weighted by Gasteiger charge is -2.33. The molecule has 4 amide bonds. The second-order valence-electron chi connectivity index (χ2n) is 9.92. The van der Waals surface area contributed by atoms with Gasteiger partial charge in [-0.1, -0.05) is 49.4 Å². The molecule has 228 valence electrons. The Balaban J connectivity index is 1.89. The average molecular weight is 582 g/mol. The smallest absolute Gasteiger partial charge is 0.329 e. The molecule has 11 nitrogen and oxygen atoms in total. The Bertz CT molecular complexity index is 1270. The van der Waals surface area contributed by atoms with Crippen LogP contribution < -0.4 is 21.4 Å². The number of urea groups is 1. The normalized spacial score (nSPS) is 13.5. The van der Waals surface area contributed by atoms with Crippen molar-refractivity contribution in [3.8, 4) is 0 Å². The van der Waals surface area contributed by atoms with E-state index in [2.05, 4.69) is 21.4 Å². The van der Waals surface area contributed by atoms with Gasteiger partial charge >= 0.3 is 6.03 Å². The van der Waals surface area contributed by atoms with E-state index in [1.165, 1.54) is 11.3 Å². The van der Waals surface area contributed by atoms with Crippen LogP contribution in [0.3, 0.4) is 0 Å². The third-order valence-electron chi connectivity index (χ3n) is 6.72. The molecule has 3 aromatic rings. The Labute approximate surface area is 247 Å². The minimum absolute atomic E-state index is 0.134. The molecule has 0 aliphatic rings. The van der Waals surface area contributed by atoms with Crippen molar-refractivity contribution in [1.29, 1.82) is 0 Å². The predicted molar refractivity (Wildman–Crippen MR) is 160 cm³/mol. The molecule has 3 rings (SSSR count). The number of benzene rings is 2. The Kier molecular flexibility index (Phi) is 12.8. The van der Waals surface area contributed by atoms with E-state index in [1.807, 2.05) is 63.2 Å². The van der Waals surface area contributed by atoms with Gasteiger partial charge in [0.05, 0.1) is 18.8 Å². The highest BCUT2D eigenvalue weighted by atomic mass is 16.7. The Morgan fingerprint density at radius 1 is 0.929 bits per heavy atom. The van der Waals surface area contributed by atoms with Crippen LogP contribution in [0.5, 0.6) is 0 Å². The molecule has 0 radical (unpaired) electrons. The molecule has 11 heteroatoms. The van der Waals surface area contributed by atoms with Crippen LogP contribution in [0.25, 0.3) is 10.8 Å². The summed E-state index contributed by atoms with van der Waals surface area (Å²) in [5.41, 5.74) is 3.47. The summed E-state index contributed by atoms with van der Waals surface area (Å²) in [6.07, 6.45) is 1.08. The third kappa shape index (κ3) is 9.30. The predicted octanol–water partition coefficient (Wildman–Crippen LogP) is 3.52. The minimum Gasteiger partial charge on any atom is -0.469 e. The van der Waals surface area contributed by atoms with E-state index in [0.717, 1.165) is 16.3 Å². The van der Waals surface area contributed by atoms with Crippen LogP contribution in [0.15, 0.2) is 65.3 Å². The SMILES string of the molecule is CCNC(=O)NN(C)CC(=O)NC(Cc1ccco1)C(=O)N[C@H](c1cccc2ccccc12)[C@H](C)C(OCC)OCC. The molecule has 0 aliphatic heterocycles. The number of amides is 4. The molecule has 0 spiro atoms. The van der Waals surface area contributed by atoms with Crippen molar-refractivity contribution in [2.24, 2.45) is 5.92 Å². The number of fused-ring (bicyclic) bond motifs is 1. The van der Waals surface area contributed by atoms with E-state index in [1.54, 1.807) is 26.1 Å². The van der Waals surface area contributed by atoms with E-state index in [9.17, 15) is 14.4 Å². The first kappa shape index (κ1) is 32.6. The molecule has 1 unspecified atom stereocenters. The van der Waals surface area contributed by atoms with Crippen LogP contribution in [0.4, 0.5) is 4.79 Å². The van der Waals surface area contributed by atoms with E-state index in [0.29, 0.717) is 25.5 Å². The van der Waals surface area contributed by atoms with Crippen molar-refractivity contribution in [1.82, 2.24) is 26.4 Å². The number of furan rings is 1. The fourth-order valence-electron chi connectivity index (χ4n) is 4.81. The molecular formula is C31H43N5O6. The summed E-state index contributed by atoms with van der Waals surface area (Å²) in [5, 5.41) is 12.0. The van der Waals surface area contributed by atoms with Gasteiger partial charge in [0, 0.05) is 39.1 Å². The largest absolute Gasteiger partial charge is 0.469 e. The Hall–Kier alpha value is -3.93. The molecule has 0 fully saturated rings. The van der Waals surface area contributed by atoms with Gasteiger partial charge in [0.1, 0.15) is 11.8 Å². The van der Waals surface area contributed by atoms with Crippen LogP contribution in [0, 0.1) is 5.92 Å². The van der Waals surface area contributed by atoms with Gasteiger partial charge in [-0.25, -0.2) is 9.80 Å². The second-order valence-corrected chi connectivity index (χ2v) is 9.92. The lowest BCUT2D eigenvalue weighted by molar-refractivity contribution is -0.170. The van der Waals surface area contributed by atoms with Gasteiger partial charge in [0.2, 0.25) is 11.8 Å². The van der Waals surface area contributed by atoms with Gasteiger partial charge in [-0.15, -0.1) is 0 Å². The molecule has 1 heterocycles. The lowest BCUT2D eigenvalue weighted by Crippen LogP contribution is -2.54. The number of hydrazine groups is 1. The summed E-state index contributed by atoms with van der Waals surface area (Å²) >= 11 is 0. The fraction of sp³-hybridized carbons (Fsp3) is 0.452. The summed E-state index contributed by atoms with van der Waals surface area (Å²) in [6.45, 7) is 8.74. The van der Waals surface area contributed by atoms with Crippen molar-refractivity contribution in [2.75, 3.05) is 33.4 Å². The van der Waals surface area contributed by atoms with Crippen molar-refractivity contribution >= 4 is 28.6 Å². The molecule has 3 atom stereocenters. The maximum absolute atomic E-state index is 14.0. The third-order valence-corrected chi connectivity index (χ3v) is 6.72. The highest BCUT2D eigenvalue weighted by Crippen LogP contribution is 2.32. The second kappa shape index (κ2) is 16.5. The zero-order valence-corrected chi connectivity index (χ0v) is 25.0. The lowest BCUT2D eigenvalue weighted by atomic mass is 9.89. The van der Waals surface area contributed by atoms with E-state index in [-0.39, 0.29) is 18.9 Å². The molecular weight excluding hydrogens is 538 g/mol. The zero-order chi connectivity index (χ0) is 30.5. The monoisotopic (exact) mass is 581 g/mol. The molecule has 0 saturated carbocycles. The number of rotatable bonds is 16. The molecule has 2 aromatic carbocycles. The van der Waals surface area contributed by atoms with Crippen LogP contribution in [0.1, 0.15) is 45.1 Å². The number of nitrogens with zero attached hydrogens (tertiary/aromatic N) is 1. The number of carbonyl (C=O) groups excluding carboxylic acids is 3. The quantitative estimate of drug-likeness (QED) is 0.150. The molecule has 0 aliphatic carbocycles. The zero-order valence-electron chi connectivity index (χ0n) is 25.0. The van der Waals surface area contributed by atoms with E-state index >= 15 is 0 Å². The van der Waals surface area contributed by atoms with Crippen LogP contribution in [-0.4, -0.2) is 68.5 Å². The topological polar surface area (TPSA) is 134 Å². The molecule has 42 heavy (non-hydrogen) atoms. The number of hydrogen-bond donors (Lipinski definition) is 4. The number of likely N-dealkylation sites (N-methyl/N-ethyl adjacent to an activating group) is 1. The summed E-state index contributed by atoms with van der Waals surface area (Å²) in [4.78, 5) is 38.8. The van der Waals surface area contributed by atoms with Crippen LogP contribution in [0.2, 0.25) is 0 Å². The first-order valence-electron chi connectivity index (χ1n) is 14.4. The number of hydrogen-bond acceptors (Lipinski definition) is 7. The average Bonchev–Trinajstić information content (AvgIpc) is 3.48. The molecule has 1 aromatic heterocycles. The fourth-order valence-corrected chi connectivity index (χ4v) is 4.81. The van der Waals surface area contributed by atoms with Crippen LogP contribution >= 0.6 is 0 Å². The van der Waals surface area contributed by atoms with Gasteiger partial charge in [-0.2, -0.15) is 0 Å². The summed E-state index contributed by atoms with van der Waals surface area (Å²) in [6, 6.07) is 15.5. The summed E-state index contributed by atoms with van der Waals surface area (Å²) in [5.74, 6) is -0.583. The first-order chi connectivity index (χ1) is 20.3. The van der Waals surface area contributed by atoms with Crippen molar-refractivity contribution < 1.29 is 28.3 Å². The van der Waals surface area contributed by atoms with E-state index in [4.69, 9.17) is 13.9 Å². The van der Waals surface area contributed by atoms with Crippen LogP contribution in [-0.2, 0) is 25.5 Å². The molecule has 0 bridgehead atoms. The maximum atomic E-state index is 14.0. The highest BCUT2D eigenvalue weighted by Gasteiger charge is 2.33. The number of carbonyl (C=O) groups is 3. The van der Waals surface area contributed by atoms with Gasteiger partial charge in [0.15, 0.2) is 6.29 Å². The van der Waals surface area contributed by atoms with Crippen molar-refractivity contribution in [3.05, 3.63) is 72.2 Å². The first-order valence-corrected chi connectivity index (χ1v) is 14.4. The van der Waals surface area contributed by atoms with E-state index < -0.39 is 36.2 Å². The maximum Gasteiger partial charge on any atom is 0.329 e. The Morgan fingerprint density at radius 2 is 1.64 bits per heavy atom. The van der Waals surface area contributed by atoms with Gasteiger partial charge in [-0.05, 0) is 49.2 Å². The molecule has 0 saturated heterocycles. The standard InChI is InChI=1S/C31H43N5O6/c1-6-32-31(39)35-36(5)20-27(37)33-26(19-23-15-12-18-42-23)29(38)34-28(21(4)30(40-7-2)41-8-3)25-17-11-14-22-13-9-10-16-24(22)25/h9-18,21,26,28,30H,6-8,19-20H2,1-5H3,(H,33,37)(H,34,38)(H2,32,35,39)/t21-,26?,28-/m0/s1. The minimum atomic E-state index is -0.955. The number of nitrogens with one attached hydrogen (secondary N) is 4. The van der Waals surface area contributed by atoms with Crippen molar-refractivity contribution in [2.45, 2.75) is 52.5 Å². The number of ether oxygens (including phenoxy) is 2. The molecule has 4 N–H and O–H groups in total.